The van der Waals surface area contributed by atoms with Crippen molar-refractivity contribution in [1.82, 2.24) is 9.13 Å². The first-order valence-electron chi connectivity index (χ1n) is 9.75. The zero-order valence-corrected chi connectivity index (χ0v) is 18.3. The highest BCUT2D eigenvalue weighted by Gasteiger charge is 2.37. The molecule has 31 heavy (non-hydrogen) atoms. The van der Waals surface area contributed by atoms with E-state index in [2.05, 4.69) is 5.32 Å². The summed E-state index contributed by atoms with van der Waals surface area (Å²) in [5.74, 6) is -1.54. The lowest BCUT2D eigenvalue weighted by Gasteiger charge is -2.31. The van der Waals surface area contributed by atoms with Gasteiger partial charge in [0.25, 0.3) is 5.56 Å². The van der Waals surface area contributed by atoms with Gasteiger partial charge in [0, 0.05) is 19.8 Å². The molecule has 9 nitrogen and oxygen atoms in total. The zero-order valence-electron chi connectivity index (χ0n) is 18.3. The molecule has 2 aromatic rings. The fraction of sp³-hybridized carbons (Fsp3) is 0.364. The van der Waals surface area contributed by atoms with E-state index in [0.717, 1.165) is 4.57 Å². The van der Waals surface area contributed by atoms with Gasteiger partial charge in [-0.2, -0.15) is 0 Å². The monoisotopic (exact) mass is 427 g/mol. The van der Waals surface area contributed by atoms with E-state index in [4.69, 9.17) is 9.47 Å². The van der Waals surface area contributed by atoms with Crippen molar-refractivity contribution in [3.8, 4) is 0 Å². The number of allylic oxidation sites excluding steroid dienone is 1. The second-order valence-corrected chi connectivity index (χ2v) is 7.63. The van der Waals surface area contributed by atoms with E-state index in [-0.39, 0.29) is 17.2 Å². The third-order valence-electron chi connectivity index (χ3n) is 5.21. The molecule has 0 bridgehead atoms. The van der Waals surface area contributed by atoms with Gasteiger partial charge < -0.3 is 14.8 Å². The molecule has 0 radical (unpaired) electrons. The Balaban J connectivity index is 2.30. The molecule has 0 aliphatic carbocycles. The van der Waals surface area contributed by atoms with Crippen LogP contribution >= 0.6 is 0 Å². The fourth-order valence-electron chi connectivity index (χ4n) is 3.70. The Morgan fingerprint density at radius 1 is 1.03 bits per heavy atom. The summed E-state index contributed by atoms with van der Waals surface area (Å²) >= 11 is 0. The number of rotatable bonds is 4. The molecule has 2 heterocycles. The summed E-state index contributed by atoms with van der Waals surface area (Å²) in [5, 5.41) is 3.03. The molecule has 0 fully saturated rings. The smallest absolute Gasteiger partial charge is 0.337 e. The zero-order chi connectivity index (χ0) is 23.0. The van der Waals surface area contributed by atoms with Gasteiger partial charge in [-0.05, 0) is 38.5 Å². The average molecular weight is 427 g/mol. The molecule has 3 rings (SSSR count). The highest BCUT2D eigenvalue weighted by Crippen LogP contribution is 2.40. The summed E-state index contributed by atoms with van der Waals surface area (Å²) in [7, 11) is 4.23. The summed E-state index contributed by atoms with van der Waals surface area (Å²) < 4.78 is 12.5. The first-order valence-corrected chi connectivity index (χ1v) is 9.75. The van der Waals surface area contributed by atoms with Gasteiger partial charge in [-0.15, -0.1) is 0 Å². The molecule has 164 valence electrons. The first kappa shape index (κ1) is 22.1. The molecule has 1 atom stereocenters. The summed E-state index contributed by atoms with van der Waals surface area (Å²) in [6.45, 7) is 5.17. The topological polar surface area (TPSA) is 109 Å². The van der Waals surface area contributed by atoms with Crippen LogP contribution < -0.4 is 16.6 Å². The normalized spacial score (nSPS) is 15.4. The lowest BCUT2D eigenvalue weighted by Crippen LogP contribution is -2.43. The van der Waals surface area contributed by atoms with E-state index in [1.165, 1.54) is 18.7 Å². The minimum absolute atomic E-state index is 0.247. The van der Waals surface area contributed by atoms with Crippen molar-refractivity contribution in [1.29, 1.82) is 0 Å². The Morgan fingerprint density at radius 2 is 1.65 bits per heavy atom. The number of aromatic nitrogens is 2. The van der Waals surface area contributed by atoms with Crippen LogP contribution in [0.15, 0.2) is 45.1 Å². The second-order valence-electron chi connectivity index (χ2n) is 7.63. The molecule has 0 amide bonds. The van der Waals surface area contributed by atoms with Gasteiger partial charge in [0.1, 0.15) is 5.82 Å². The Hall–Kier alpha value is -3.62. The number of nitrogens with zero attached hydrogens (tertiary/aromatic N) is 2. The molecule has 1 aromatic heterocycles. The number of benzene rings is 1. The number of methoxy groups -OCH3 is 1. The minimum atomic E-state index is -0.792. The van der Waals surface area contributed by atoms with E-state index in [1.54, 1.807) is 52.1 Å². The molecule has 1 aliphatic rings. The second kappa shape index (κ2) is 8.25. The van der Waals surface area contributed by atoms with Gasteiger partial charge >= 0.3 is 17.6 Å². The quantitative estimate of drug-likeness (QED) is 0.739. The van der Waals surface area contributed by atoms with Gasteiger partial charge in [0.05, 0.1) is 35.8 Å². The SMILES string of the molecule is COC(=O)c1ccc([C@@H]2C(C(=O)OC(C)C)=C(C)Nc3c2c(=O)n(C)c(=O)n3C)cc1. The van der Waals surface area contributed by atoms with Crippen molar-refractivity contribution in [2.45, 2.75) is 32.8 Å². The Morgan fingerprint density at radius 3 is 2.19 bits per heavy atom. The van der Waals surface area contributed by atoms with E-state index in [9.17, 15) is 19.2 Å². The number of anilines is 1. The Labute approximate surface area is 178 Å². The standard InChI is InChI=1S/C22H25N3O6/c1-11(2)31-21(28)15-12(3)23-18-17(19(26)25(5)22(29)24(18)4)16(15)13-7-9-14(10-8-13)20(27)30-6/h7-11,16,23H,1-6H3/t16-/m1/s1. The van der Waals surface area contributed by atoms with E-state index in [1.807, 2.05) is 0 Å². The predicted octanol–water partition coefficient (Wildman–Crippen LogP) is 1.65. The maximum atomic E-state index is 13.1. The molecule has 1 aromatic carbocycles. The van der Waals surface area contributed by atoms with Crippen molar-refractivity contribution in [3.05, 3.63) is 73.1 Å². The Bertz CT molecular complexity index is 1200. The van der Waals surface area contributed by atoms with Crippen LogP contribution in [0.25, 0.3) is 0 Å². The molecule has 1 aliphatic heterocycles. The molecule has 9 heteroatoms. The van der Waals surface area contributed by atoms with E-state index < -0.39 is 29.1 Å². The highest BCUT2D eigenvalue weighted by atomic mass is 16.5. The number of carbonyl (C=O) groups excluding carboxylic acids is 2. The first-order chi connectivity index (χ1) is 14.6. The average Bonchev–Trinajstić information content (AvgIpc) is 2.74. The summed E-state index contributed by atoms with van der Waals surface area (Å²) in [6.07, 6.45) is -0.362. The third kappa shape index (κ3) is 3.78. The fourth-order valence-corrected chi connectivity index (χ4v) is 3.70. The molecule has 0 spiro atoms. The minimum Gasteiger partial charge on any atom is -0.465 e. The maximum Gasteiger partial charge on any atom is 0.337 e. The van der Waals surface area contributed by atoms with Gasteiger partial charge in [-0.25, -0.2) is 14.4 Å². The van der Waals surface area contributed by atoms with E-state index in [0.29, 0.717) is 22.6 Å². The van der Waals surface area contributed by atoms with Crippen molar-refractivity contribution in [2.75, 3.05) is 12.4 Å². The largest absolute Gasteiger partial charge is 0.465 e. The molecular formula is C22H25N3O6. The summed E-state index contributed by atoms with van der Waals surface area (Å²) in [5.41, 5.74) is 0.914. The number of esters is 2. The van der Waals surface area contributed by atoms with Gasteiger partial charge in [-0.3, -0.25) is 13.9 Å². The third-order valence-corrected chi connectivity index (χ3v) is 5.21. The molecule has 0 unspecified atom stereocenters. The van der Waals surface area contributed by atoms with Crippen molar-refractivity contribution >= 4 is 17.8 Å². The van der Waals surface area contributed by atoms with Gasteiger partial charge in [0.2, 0.25) is 0 Å². The van der Waals surface area contributed by atoms with Crippen molar-refractivity contribution in [2.24, 2.45) is 14.1 Å². The van der Waals surface area contributed by atoms with Crippen LogP contribution in [-0.2, 0) is 28.4 Å². The van der Waals surface area contributed by atoms with Crippen LogP contribution in [0.4, 0.5) is 5.82 Å². The number of hydrogen-bond donors (Lipinski definition) is 1. The van der Waals surface area contributed by atoms with Crippen molar-refractivity contribution in [3.63, 3.8) is 0 Å². The number of fused-ring (bicyclic) bond motifs is 1. The summed E-state index contributed by atoms with van der Waals surface area (Å²) in [4.78, 5) is 50.4. The van der Waals surface area contributed by atoms with Crippen LogP contribution in [0, 0.1) is 0 Å². The van der Waals surface area contributed by atoms with E-state index >= 15 is 0 Å². The maximum absolute atomic E-state index is 13.1. The van der Waals surface area contributed by atoms with Gasteiger partial charge in [-0.1, -0.05) is 12.1 Å². The van der Waals surface area contributed by atoms with Crippen LogP contribution in [0.3, 0.4) is 0 Å². The highest BCUT2D eigenvalue weighted by molar-refractivity contribution is 5.94. The predicted molar refractivity (Wildman–Crippen MR) is 114 cm³/mol. The van der Waals surface area contributed by atoms with Crippen LogP contribution in [0.1, 0.15) is 48.2 Å². The number of nitrogens with one attached hydrogen (secondary N) is 1. The number of hydrogen-bond acceptors (Lipinski definition) is 7. The lowest BCUT2D eigenvalue weighted by molar-refractivity contribution is -0.143. The number of carbonyl (C=O) groups is 2. The van der Waals surface area contributed by atoms with Crippen molar-refractivity contribution < 1.29 is 19.1 Å². The molecular weight excluding hydrogens is 402 g/mol. The number of ether oxygens (including phenoxy) is 2. The lowest BCUT2D eigenvalue weighted by atomic mass is 9.82. The van der Waals surface area contributed by atoms with Gasteiger partial charge in [0.15, 0.2) is 0 Å². The van der Waals surface area contributed by atoms with Crippen LogP contribution in [0.5, 0.6) is 0 Å². The van der Waals surface area contributed by atoms with Crippen LogP contribution in [-0.4, -0.2) is 34.3 Å². The molecule has 0 saturated carbocycles. The molecule has 0 saturated heterocycles. The van der Waals surface area contributed by atoms with Crippen LogP contribution in [0.2, 0.25) is 0 Å². The Kier molecular flexibility index (Phi) is 5.88. The summed E-state index contributed by atoms with van der Waals surface area (Å²) in [6, 6.07) is 6.45. The molecule has 1 N–H and O–H groups in total.